The summed E-state index contributed by atoms with van der Waals surface area (Å²) in [6.45, 7) is 0. The highest BCUT2D eigenvalue weighted by Crippen LogP contribution is 2.43. The fourth-order valence-electron chi connectivity index (χ4n) is 4.51. The molecule has 2 atom stereocenters. The van der Waals surface area contributed by atoms with E-state index >= 15 is 0 Å². The Kier molecular flexibility index (Phi) is 4.58. The van der Waals surface area contributed by atoms with E-state index in [1.165, 1.54) is 10.8 Å². The lowest BCUT2D eigenvalue weighted by Crippen LogP contribution is -2.45. The predicted molar refractivity (Wildman–Crippen MR) is 129 cm³/mol. The first-order valence-corrected chi connectivity index (χ1v) is 11.4. The van der Waals surface area contributed by atoms with Crippen LogP contribution in [-0.2, 0) is 0 Å². The first kappa shape index (κ1) is 19.3. The third-order valence-corrected chi connectivity index (χ3v) is 6.66. The minimum absolute atomic E-state index is 0.0363. The van der Waals surface area contributed by atoms with Crippen molar-refractivity contribution in [1.29, 1.82) is 0 Å². The second-order valence-corrected chi connectivity index (χ2v) is 9.00. The largest absolute Gasteiger partial charge is 0.461 e. The normalized spacial score (nSPS) is 19.2. The monoisotopic (exact) mass is 482 g/mol. The van der Waals surface area contributed by atoms with Gasteiger partial charge in [-0.1, -0.05) is 82.7 Å². The Morgan fingerprint density at radius 3 is 2.50 bits per heavy atom. The quantitative estimate of drug-likeness (QED) is 0.319. The summed E-state index contributed by atoms with van der Waals surface area (Å²) in [5.41, 5.74) is 3.71. The lowest BCUT2D eigenvalue weighted by atomic mass is 9.95. The molecule has 2 aliphatic heterocycles. The summed E-state index contributed by atoms with van der Waals surface area (Å²) in [5.74, 6) is 0.652. The molecule has 0 saturated carbocycles. The molecule has 4 aromatic carbocycles. The third kappa shape index (κ3) is 3.21. The van der Waals surface area contributed by atoms with Crippen LogP contribution in [-0.4, -0.2) is 22.7 Å². The highest BCUT2D eigenvalue weighted by molar-refractivity contribution is 9.10. The summed E-state index contributed by atoms with van der Waals surface area (Å²) >= 11 is 3.43. The van der Waals surface area contributed by atoms with E-state index in [2.05, 4.69) is 52.3 Å². The van der Waals surface area contributed by atoms with Crippen LogP contribution in [0.4, 0.5) is 0 Å². The fraction of sp³-hybridized carbons (Fsp3) is 0.111. The molecule has 5 heteroatoms. The van der Waals surface area contributed by atoms with Gasteiger partial charge in [-0.2, -0.15) is 5.10 Å². The van der Waals surface area contributed by atoms with Crippen molar-refractivity contribution >= 4 is 38.2 Å². The number of benzene rings is 4. The molecule has 0 aromatic heterocycles. The number of hydrogen-bond acceptors (Lipinski definition) is 4. The van der Waals surface area contributed by atoms with Gasteiger partial charge in [-0.05, 0) is 40.6 Å². The van der Waals surface area contributed by atoms with Crippen molar-refractivity contribution in [1.82, 2.24) is 5.01 Å². The van der Waals surface area contributed by atoms with Crippen molar-refractivity contribution in [2.75, 3.05) is 0 Å². The highest BCUT2D eigenvalue weighted by atomic mass is 79.9. The summed E-state index contributed by atoms with van der Waals surface area (Å²) in [4.78, 5) is 13.4. The average Bonchev–Trinajstić information content (AvgIpc) is 3.29. The van der Waals surface area contributed by atoms with E-state index in [9.17, 15) is 4.79 Å². The maximum Gasteiger partial charge on any atom is 0.251 e. The van der Waals surface area contributed by atoms with Gasteiger partial charge in [-0.15, -0.1) is 0 Å². The average molecular weight is 483 g/mol. The van der Waals surface area contributed by atoms with Gasteiger partial charge in [0.2, 0.25) is 5.78 Å². The number of nitrogens with zero attached hydrogens (tertiary/aromatic N) is 2. The van der Waals surface area contributed by atoms with Gasteiger partial charge in [-0.3, -0.25) is 4.79 Å². The van der Waals surface area contributed by atoms with Gasteiger partial charge in [0.05, 0.1) is 11.8 Å². The molecule has 2 unspecified atom stereocenters. The van der Waals surface area contributed by atoms with E-state index in [1.807, 2.05) is 59.6 Å². The Labute approximate surface area is 194 Å². The van der Waals surface area contributed by atoms with Crippen molar-refractivity contribution in [2.45, 2.75) is 18.7 Å². The smallest absolute Gasteiger partial charge is 0.251 e. The summed E-state index contributed by atoms with van der Waals surface area (Å²) in [7, 11) is 0. The van der Waals surface area contributed by atoms with Gasteiger partial charge in [-0.25, -0.2) is 5.01 Å². The van der Waals surface area contributed by atoms with Gasteiger partial charge in [0.15, 0.2) is 0 Å². The number of rotatable bonds is 3. The number of halogens is 1. The second-order valence-electron chi connectivity index (χ2n) is 8.09. The molecular weight excluding hydrogens is 464 g/mol. The van der Waals surface area contributed by atoms with Crippen molar-refractivity contribution in [3.8, 4) is 5.75 Å². The number of ketones is 1. The van der Waals surface area contributed by atoms with Crippen LogP contribution in [0.2, 0.25) is 0 Å². The molecule has 4 aromatic rings. The molecule has 6 rings (SSSR count). The van der Waals surface area contributed by atoms with E-state index in [0.717, 1.165) is 33.5 Å². The van der Waals surface area contributed by atoms with E-state index in [4.69, 9.17) is 9.84 Å². The van der Waals surface area contributed by atoms with Crippen LogP contribution in [0.15, 0.2) is 101 Å². The van der Waals surface area contributed by atoms with E-state index in [1.54, 1.807) is 0 Å². The lowest BCUT2D eigenvalue weighted by Gasteiger charge is -2.37. The number of hydrogen-bond donors (Lipinski definition) is 0. The molecule has 0 bridgehead atoms. The molecule has 156 valence electrons. The van der Waals surface area contributed by atoms with Crippen molar-refractivity contribution in [3.63, 3.8) is 0 Å². The minimum atomic E-state index is -0.797. The van der Waals surface area contributed by atoms with E-state index in [-0.39, 0.29) is 11.8 Å². The number of carbonyl (C=O) groups is 1. The number of hydrazone groups is 1. The zero-order chi connectivity index (χ0) is 21.7. The zero-order valence-electron chi connectivity index (χ0n) is 17.1. The van der Waals surface area contributed by atoms with Gasteiger partial charge in [0.25, 0.3) is 6.23 Å². The first-order valence-electron chi connectivity index (χ1n) is 10.6. The molecule has 0 aliphatic carbocycles. The van der Waals surface area contributed by atoms with E-state index < -0.39 is 6.23 Å². The van der Waals surface area contributed by atoms with Crippen molar-refractivity contribution < 1.29 is 9.53 Å². The number of ether oxygens (including phenoxy) is 1. The Hall–Kier alpha value is -3.44. The Bertz CT molecular complexity index is 1380. The molecule has 2 aliphatic rings. The van der Waals surface area contributed by atoms with Gasteiger partial charge < -0.3 is 4.74 Å². The van der Waals surface area contributed by atoms with Crippen LogP contribution in [0, 0.1) is 0 Å². The molecule has 2 heterocycles. The summed E-state index contributed by atoms with van der Waals surface area (Å²) in [5, 5.41) is 9.15. The summed E-state index contributed by atoms with van der Waals surface area (Å²) in [6.07, 6.45) is -0.0722. The molecule has 0 saturated heterocycles. The third-order valence-electron chi connectivity index (χ3n) is 6.13. The van der Waals surface area contributed by atoms with Crippen molar-refractivity contribution in [2.24, 2.45) is 5.10 Å². The Morgan fingerprint density at radius 1 is 0.906 bits per heavy atom. The van der Waals surface area contributed by atoms with Crippen LogP contribution in [0.5, 0.6) is 5.75 Å². The van der Waals surface area contributed by atoms with Gasteiger partial charge >= 0.3 is 0 Å². The number of Topliss-reactive ketones (excluding diaryl/α,β-unsaturated/α-hetero) is 1. The molecular formula is C27H19BrN2O2. The van der Waals surface area contributed by atoms with Crippen LogP contribution >= 0.6 is 15.9 Å². The Balaban J connectivity index is 1.42. The van der Waals surface area contributed by atoms with Crippen LogP contribution in [0.1, 0.15) is 33.9 Å². The standard InChI is InChI=1S/C27H19BrN2O2/c28-21-13-11-18(12-14-21)26(31)27-30-24(22-7-3-4-8-25(22)32-27)16-23(29-30)20-10-9-17-5-1-2-6-19(17)15-20/h1-15,24,27H,16H2. The number of para-hydroxylation sites is 1. The second kappa shape index (κ2) is 7.61. The molecule has 4 nitrogen and oxygen atoms in total. The SMILES string of the molecule is O=C(c1ccc(Br)cc1)C1Oc2ccccc2C2CC(c3ccc4ccccc4c3)=NN12. The molecule has 0 amide bonds. The van der Waals surface area contributed by atoms with Crippen LogP contribution < -0.4 is 4.74 Å². The number of fused-ring (bicyclic) bond motifs is 4. The summed E-state index contributed by atoms with van der Waals surface area (Å²) < 4.78 is 7.13. The summed E-state index contributed by atoms with van der Waals surface area (Å²) in [6, 6.07) is 30.0. The van der Waals surface area contributed by atoms with E-state index in [0.29, 0.717) is 5.56 Å². The number of carbonyl (C=O) groups excluding carboxylic acids is 1. The lowest BCUT2D eigenvalue weighted by molar-refractivity contribution is -0.00455. The van der Waals surface area contributed by atoms with Crippen molar-refractivity contribution in [3.05, 3.63) is 112 Å². The fourth-order valence-corrected chi connectivity index (χ4v) is 4.77. The van der Waals surface area contributed by atoms with Crippen LogP contribution in [0.25, 0.3) is 10.8 Å². The molecule has 0 N–H and O–H groups in total. The van der Waals surface area contributed by atoms with Crippen LogP contribution in [0.3, 0.4) is 0 Å². The predicted octanol–water partition coefficient (Wildman–Crippen LogP) is 6.35. The highest BCUT2D eigenvalue weighted by Gasteiger charge is 2.43. The molecule has 0 spiro atoms. The molecule has 32 heavy (non-hydrogen) atoms. The Morgan fingerprint density at radius 2 is 1.66 bits per heavy atom. The maximum absolute atomic E-state index is 13.4. The van der Waals surface area contributed by atoms with Gasteiger partial charge in [0, 0.05) is 22.0 Å². The topological polar surface area (TPSA) is 41.9 Å². The van der Waals surface area contributed by atoms with Gasteiger partial charge in [0.1, 0.15) is 5.75 Å². The minimum Gasteiger partial charge on any atom is -0.461 e. The maximum atomic E-state index is 13.4. The molecule has 0 radical (unpaired) electrons. The molecule has 0 fully saturated rings. The first-order chi connectivity index (χ1) is 15.7. The zero-order valence-corrected chi connectivity index (χ0v) is 18.7.